The van der Waals surface area contributed by atoms with Crippen molar-refractivity contribution in [1.29, 1.82) is 5.26 Å². The second-order valence-electron chi connectivity index (χ2n) is 4.81. The summed E-state index contributed by atoms with van der Waals surface area (Å²) in [5.74, 6) is -0.600. The van der Waals surface area contributed by atoms with Crippen LogP contribution in [-0.2, 0) is 0 Å². The Hall–Kier alpha value is -2.94. The second kappa shape index (κ2) is 6.68. The van der Waals surface area contributed by atoms with Crippen molar-refractivity contribution in [1.82, 2.24) is 4.98 Å². The van der Waals surface area contributed by atoms with Crippen LogP contribution in [0.2, 0.25) is 0 Å². The fraction of sp³-hybridized carbons (Fsp3) is 0.188. The third-order valence-corrected chi connectivity index (χ3v) is 2.70. The molecule has 0 atom stereocenters. The van der Waals surface area contributed by atoms with E-state index in [4.69, 9.17) is 10.00 Å². The van der Waals surface area contributed by atoms with E-state index < -0.39 is 11.7 Å². The Bertz CT molecular complexity index is 721. The molecule has 5 nitrogen and oxygen atoms in total. The van der Waals surface area contributed by atoms with Gasteiger partial charge >= 0.3 is 0 Å². The van der Waals surface area contributed by atoms with E-state index in [1.54, 1.807) is 18.2 Å². The number of carbonyl (C=O) groups excluding carboxylic acids is 1. The van der Waals surface area contributed by atoms with Gasteiger partial charge in [0.15, 0.2) is 0 Å². The van der Waals surface area contributed by atoms with Crippen molar-refractivity contribution in [2.45, 2.75) is 20.0 Å². The number of halogens is 1. The molecule has 0 unspecified atom stereocenters. The Morgan fingerprint density at radius 3 is 2.73 bits per heavy atom. The molecule has 1 amide bonds. The molecule has 2 rings (SSSR count). The topological polar surface area (TPSA) is 75.0 Å². The van der Waals surface area contributed by atoms with Gasteiger partial charge in [-0.05, 0) is 38.1 Å². The number of hydrogen-bond acceptors (Lipinski definition) is 4. The Kier molecular flexibility index (Phi) is 4.69. The van der Waals surface area contributed by atoms with E-state index in [0.717, 1.165) is 6.07 Å². The van der Waals surface area contributed by atoms with Gasteiger partial charge in [0, 0.05) is 18.0 Å². The number of ether oxygens (including phenoxy) is 1. The zero-order valence-corrected chi connectivity index (χ0v) is 12.1. The minimum absolute atomic E-state index is 0.00389. The smallest absolute Gasteiger partial charge is 0.257 e. The number of aromatic nitrogens is 1. The first-order valence-corrected chi connectivity index (χ1v) is 6.63. The van der Waals surface area contributed by atoms with E-state index in [-0.39, 0.29) is 11.7 Å². The van der Waals surface area contributed by atoms with Gasteiger partial charge in [0.05, 0.1) is 17.2 Å². The summed E-state index contributed by atoms with van der Waals surface area (Å²) in [6, 6.07) is 8.69. The zero-order chi connectivity index (χ0) is 16.1. The largest absolute Gasteiger partial charge is 0.475 e. The molecule has 0 aliphatic carbocycles. The lowest BCUT2D eigenvalue weighted by molar-refractivity contribution is 0.102. The van der Waals surface area contributed by atoms with Crippen molar-refractivity contribution >= 4 is 11.6 Å². The number of amides is 1. The maximum atomic E-state index is 13.2. The standard InChI is InChI=1S/C16H14FN3O2/c1-10(2)22-15-6-3-11(9-19-15)16(21)20-13-4-5-14(17)12(7-13)8-18/h3-7,9-10H,1-2H3,(H,20,21). The van der Waals surface area contributed by atoms with Gasteiger partial charge in [-0.1, -0.05) is 0 Å². The zero-order valence-electron chi connectivity index (χ0n) is 12.1. The summed E-state index contributed by atoms with van der Waals surface area (Å²) in [4.78, 5) is 16.1. The number of nitrogens with one attached hydrogen (secondary N) is 1. The molecule has 112 valence electrons. The molecule has 1 heterocycles. The van der Waals surface area contributed by atoms with Gasteiger partial charge in [-0.25, -0.2) is 9.37 Å². The van der Waals surface area contributed by atoms with Crippen molar-refractivity contribution in [3.8, 4) is 11.9 Å². The Morgan fingerprint density at radius 1 is 1.36 bits per heavy atom. The molecule has 0 spiro atoms. The van der Waals surface area contributed by atoms with Gasteiger partial charge in [0.1, 0.15) is 11.9 Å². The molecule has 0 saturated heterocycles. The van der Waals surface area contributed by atoms with Crippen molar-refractivity contribution in [3.05, 3.63) is 53.5 Å². The number of pyridine rings is 1. The summed E-state index contributed by atoms with van der Waals surface area (Å²) in [6.07, 6.45) is 1.39. The highest BCUT2D eigenvalue weighted by molar-refractivity contribution is 6.04. The highest BCUT2D eigenvalue weighted by Gasteiger charge is 2.09. The minimum atomic E-state index is -0.627. The summed E-state index contributed by atoms with van der Waals surface area (Å²) in [6.45, 7) is 3.76. The molecule has 2 aromatic rings. The van der Waals surface area contributed by atoms with E-state index in [1.807, 2.05) is 13.8 Å². The molecule has 0 bridgehead atoms. The van der Waals surface area contributed by atoms with Crippen LogP contribution in [0.5, 0.6) is 5.88 Å². The molecule has 1 N–H and O–H groups in total. The molecule has 1 aromatic heterocycles. The van der Waals surface area contributed by atoms with Crippen LogP contribution in [0.25, 0.3) is 0 Å². The second-order valence-corrected chi connectivity index (χ2v) is 4.81. The van der Waals surface area contributed by atoms with Crippen LogP contribution in [-0.4, -0.2) is 17.0 Å². The van der Waals surface area contributed by atoms with Gasteiger partial charge < -0.3 is 10.1 Å². The third-order valence-electron chi connectivity index (χ3n) is 2.70. The van der Waals surface area contributed by atoms with E-state index >= 15 is 0 Å². The Labute approximate surface area is 127 Å². The highest BCUT2D eigenvalue weighted by Crippen LogP contribution is 2.16. The number of anilines is 1. The number of nitriles is 1. The van der Waals surface area contributed by atoms with Crippen molar-refractivity contribution in [3.63, 3.8) is 0 Å². The van der Waals surface area contributed by atoms with E-state index in [9.17, 15) is 9.18 Å². The van der Waals surface area contributed by atoms with Crippen LogP contribution in [0, 0.1) is 17.1 Å². The fourth-order valence-corrected chi connectivity index (χ4v) is 1.72. The molecule has 1 aromatic carbocycles. The predicted molar refractivity (Wildman–Crippen MR) is 79.1 cm³/mol. The van der Waals surface area contributed by atoms with Crippen LogP contribution in [0.1, 0.15) is 29.8 Å². The SMILES string of the molecule is CC(C)Oc1ccc(C(=O)Nc2ccc(F)c(C#N)c2)cn1. The summed E-state index contributed by atoms with van der Waals surface area (Å²) < 4.78 is 18.6. The van der Waals surface area contributed by atoms with Crippen molar-refractivity contribution in [2.75, 3.05) is 5.32 Å². The Morgan fingerprint density at radius 2 is 2.14 bits per heavy atom. The van der Waals surface area contributed by atoms with Crippen molar-refractivity contribution < 1.29 is 13.9 Å². The molecule has 0 fully saturated rings. The molecule has 22 heavy (non-hydrogen) atoms. The fourth-order valence-electron chi connectivity index (χ4n) is 1.72. The maximum absolute atomic E-state index is 13.2. The Balaban J connectivity index is 2.11. The van der Waals surface area contributed by atoms with E-state index in [1.165, 1.54) is 18.3 Å². The summed E-state index contributed by atoms with van der Waals surface area (Å²) in [7, 11) is 0. The third kappa shape index (κ3) is 3.79. The molecule has 0 radical (unpaired) electrons. The first-order valence-electron chi connectivity index (χ1n) is 6.63. The molecular weight excluding hydrogens is 285 g/mol. The van der Waals surface area contributed by atoms with Gasteiger partial charge in [-0.3, -0.25) is 4.79 Å². The van der Waals surface area contributed by atoms with Crippen LogP contribution in [0.15, 0.2) is 36.5 Å². The van der Waals surface area contributed by atoms with Gasteiger partial charge in [-0.2, -0.15) is 5.26 Å². The number of nitrogens with zero attached hydrogens (tertiary/aromatic N) is 2. The highest BCUT2D eigenvalue weighted by atomic mass is 19.1. The monoisotopic (exact) mass is 299 g/mol. The molecule has 0 aliphatic rings. The van der Waals surface area contributed by atoms with Crippen LogP contribution >= 0.6 is 0 Å². The van der Waals surface area contributed by atoms with Gasteiger partial charge in [0.2, 0.25) is 5.88 Å². The average Bonchev–Trinajstić information content (AvgIpc) is 2.49. The van der Waals surface area contributed by atoms with Crippen LogP contribution in [0.4, 0.5) is 10.1 Å². The molecular formula is C16H14FN3O2. The van der Waals surface area contributed by atoms with E-state index in [0.29, 0.717) is 17.1 Å². The van der Waals surface area contributed by atoms with Crippen molar-refractivity contribution in [2.24, 2.45) is 0 Å². The first kappa shape index (κ1) is 15.4. The molecule has 0 aliphatic heterocycles. The number of rotatable bonds is 4. The lowest BCUT2D eigenvalue weighted by Crippen LogP contribution is -2.13. The number of hydrogen-bond donors (Lipinski definition) is 1. The lowest BCUT2D eigenvalue weighted by Gasteiger charge is -2.09. The van der Waals surface area contributed by atoms with E-state index in [2.05, 4.69) is 10.3 Å². The van der Waals surface area contributed by atoms with Crippen LogP contribution < -0.4 is 10.1 Å². The quantitative estimate of drug-likeness (QED) is 0.941. The number of carbonyl (C=O) groups is 1. The first-order chi connectivity index (χ1) is 10.5. The summed E-state index contributed by atoms with van der Waals surface area (Å²) in [5.41, 5.74) is 0.543. The molecule has 6 heteroatoms. The minimum Gasteiger partial charge on any atom is -0.475 e. The molecule has 0 saturated carbocycles. The lowest BCUT2D eigenvalue weighted by atomic mass is 10.2. The van der Waals surface area contributed by atoms with Gasteiger partial charge in [-0.15, -0.1) is 0 Å². The number of benzene rings is 1. The van der Waals surface area contributed by atoms with Gasteiger partial charge in [0.25, 0.3) is 5.91 Å². The van der Waals surface area contributed by atoms with Crippen LogP contribution in [0.3, 0.4) is 0 Å². The summed E-state index contributed by atoms with van der Waals surface area (Å²) >= 11 is 0. The average molecular weight is 299 g/mol. The summed E-state index contributed by atoms with van der Waals surface area (Å²) in [5, 5.41) is 11.4. The predicted octanol–water partition coefficient (Wildman–Crippen LogP) is 3.13. The maximum Gasteiger partial charge on any atom is 0.257 e. The normalized spacial score (nSPS) is 10.1.